The number of nitrogens with one attached hydrogen (secondary N) is 1. The summed E-state index contributed by atoms with van der Waals surface area (Å²) in [5.74, 6) is 1.50. The number of hydrogen-bond donors (Lipinski definition) is 1. The highest BCUT2D eigenvalue weighted by molar-refractivity contribution is 7.92. The maximum atomic E-state index is 11.6. The van der Waals surface area contributed by atoms with Crippen molar-refractivity contribution >= 4 is 15.7 Å². The molecule has 1 N–H and O–H groups in total. The van der Waals surface area contributed by atoms with E-state index < -0.39 is 10.0 Å². The maximum Gasteiger partial charge on any atom is 0.229 e. The summed E-state index contributed by atoms with van der Waals surface area (Å²) in [5, 5.41) is 0. The maximum absolute atomic E-state index is 11.6. The predicted molar refractivity (Wildman–Crippen MR) is 119 cm³/mol. The average molecular weight is 433 g/mol. The second-order valence-corrected chi connectivity index (χ2v) is 9.64. The zero-order valence-corrected chi connectivity index (χ0v) is 18.7. The molecule has 0 bridgehead atoms. The number of nitrogens with zero attached hydrogens (tertiary/aromatic N) is 1. The van der Waals surface area contributed by atoms with Gasteiger partial charge in [0.15, 0.2) is 0 Å². The third kappa shape index (κ3) is 6.71. The van der Waals surface area contributed by atoms with Crippen molar-refractivity contribution in [2.45, 2.75) is 64.1 Å². The Morgan fingerprint density at radius 2 is 1.87 bits per heavy atom. The van der Waals surface area contributed by atoms with Crippen LogP contribution in [0.5, 0.6) is 5.75 Å². The fourth-order valence-corrected chi connectivity index (χ4v) is 4.44. The zero-order valence-electron chi connectivity index (χ0n) is 17.8. The summed E-state index contributed by atoms with van der Waals surface area (Å²) < 4.78 is 37.7. The number of aromatic nitrogens is 1. The molecule has 0 unspecified atom stereocenters. The molecule has 164 valence electrons. The molecule has 1 aliphatic carbocycles. The first-order valence-corrected chi connectivity index (χ1v) is 12.6. The Morgan fingerprint density at radius 1 is 1.10 bits per heavy atom. The van der Waals surface area contributed by atoms with Gasteiger partial charge in [-0.25, -0.2) is 8.42 Å². The van der Waals surface area contributed by atoms with Crippen molar-refractivity contribution in [1.29, 1.82) is 0 Å². The lowest BCUT2D eigenvalue weighted by molar-refractivity contribution is 0.0119. The van der Waals surface area contributed by atoms with Crippen molar-refractivity contribution in [2.24, 2.45) is 0 Å². The monoisotopic (exact) mass is 432 g/mol. The van der Waals surface area contributed by atoms with Crippen LogP contribution in [0.4, 0.5) is 5.69 Å². The Balaban J connectivity index is 1.54. The van der Waals surface area contributed by atoms with Crippen LogP contribution >= 0.6 is 0 Å². The van der Waals surface area contributed by atoms with E-state index in [0.717, 1.165) is 57.1 Å². The predicted octanol–water partition coefficient (Wildman–Crippen LogP) is 4.88. The Bertz CT molecular complexity index is 909. The molecule has 1 aliphatic rings. The van der Waals surface area contributed by atoms with Gasteiger partial charge < -0.3 is 9.47 Å². The molecule has 0 saturated heterocycles. The third-order valence-electron chi connectivity index (χ3n) is 5.43. The molecule has 1 saturated carbocycles. The van der Waals surface area contributed by atoms with Crippen LogP contribution in [-0.4, -0.2) is 32.4 Å². The third-order valence-corrected chi connectivity index (χ3v) is 6.02. The van der Waals surface area contributed by atoms with Crippen LogP contribution < -0.4 is 9.46 Å². The molecule has 3 rings (SSSR count). The van der Waals surface area contributed by atoms with Crippen LogP contribution in [0.25, 0.3) is 0 Å². The van der Waals surface area contributed by atoms with Gasteiger partial charge in [-0.3, -0.25) is 9.71 Å². The lowest BCUT2D eigenvalue weighted by atomic mass is 9.82. The minimum absolute atomic E-state index is 0.155. The number of pyridine rings is 1. The highest BCUT2D eigenvalue weighted by Crippen LogP contribution is 2.38. The van der Waals surface area contributed by atoms with Gasteiger partial charge in [-0.2, -0.15) is 0 Å². The second kappa shape index (κ2) is 10.8. The van der Waals surface area contributed by atoms with E-state index in [1.54, 1.807) is 18.3 Å². The molecule has 0 aliphatic heterocycles. The largest absolute Gasteiger partial charge is 0.493 e. The molecule has 0 radical (unpaired) electrons. The van der Waals surface area contributed by atoms with Crippen LogP contribution in [0.2, 0.25) is 0 Å². The number of sulfonamides is 1. The van der Waals surface area contributed by atoms with E-state index in [-0.39, 0.29) is 6.10 Å². The number of para-hydroxylation sites is 1. The van der Waals surface area contributed by atoms with Gasteiger partial charge in [0, 0.05) is 6.20 Å². The lowest BCUT2D eigenvalue weighted by Crippen LogP contribution is -2.22. The first-order valence-electron chi connectivity index (χ1n) is 10.7. The molecular formula is C23H32N2O4S. The van der Waals surface area contributed by atoms with Crippen molar-refractivity contribution in [3.05, 3.63) is 53.9 Å². The van der Waals surface area contributed by atoms with Gasteiger partial charge in [0.2, 0.25) is 10.0 Å². The molecule has 0 spiro atoms. The highest BCUT2D eigenvalue weighted by Gasteiger charge is 2.25. The minimum atomic E-state index is -3.35. The van der Waals surface area contributed by atoms with E-state index in [2.05, 4.69) is 34.8 Å². The molecular weight excluding hydrogens is 400 g/mol. The summed E-state index contributed by atoms with van der Waals surface area (Å²) in [6.07, 6.45) is 9.17. The Kier molecular flexibility index (Phi) is 8.10. The van der Waals surface area contributed by atoms with E-state index in [9.17, 15) is 8.42 Å². The Labute approximate surface area is 180 Å². The Hall–Kier alpha value is -2.12. The van der Waals surface area contributed by atoms with Crippen LogP contribution in [-0.2, 0) is 21.4 Å². The van der Waals surface area contributed by atoms with Gasteiger partial charge in [0.05, 0.1) is 37.0 Å². The number of benzene rings is 1. The van der Waals surface area contributed by atoms with Crippen LogP contribution in [0.15, 0.2) is 42.6 Å². The van der Waals surface area contributed by atoms with E-state index in [4.69, 9.17) is 9.47 Å². The Morgan fingerprint density at radius 3 is 2.60 bits per heavy atom. The molecule has 30 heavy (non-hydrogen) atoms. The quantitative estimate of drug-likeness (QED) is 0.542. The standard InChI is InChI=1S/C23H32N2O4S/c1-3-4-16-28-23-10-6-5-8-20(23)18-11-13-19(14-12-18)29-17-22-21(9-7-15-24-22)25-30(2,26)27/h5-10,15,18-19,25H,3-4,11-14,16-17H2,1-2H3. The second-order valence-electron chi connectivity index (χ2n) is 7.90. The van der Waals surface area contributed by atoms with Gasteiger partial charge in [0.1, 0.15) is 5.75 Å². The summed E-state index contributed by atoms with van der Waals surface area (Å²) in [4.78, 5) is 4.29. The van der Waals surface area contributed by atoms with Gasteiger partial charge >= 0.3 is 0 Å². The molecule has 0 atom stereocenters. The van der Waals surface area contributed by atoms with Crippen molar-refractivity contribution < 1.29 is 17.9 Å². The number of anilines is 1. The molecule has 2 aromatic rings. The highest BCUT2D eigenvalue weighted by atomic mass is 32.2. The molecule has 7 heteroatoms. The number of hydrogen-bond acceptors (Lipinski definition) is 5. The van der Waals surface area contributed by atoms with Crippen molar-refractivity contribution in [3.8, 4) is 5.75 Å². The molecule has 1 heterocycles. The van der Waals surface area contributed by atoms with Gasteiger partial charge in [0.25, 0.3) is 0 Å². The van der Waals surface area contributed by atoms with Crippen molar-refractivity contribution in [1.82, 2.24) is 4.98 Å². The molecule has 1 fully saturated rings. The summed E-state index contributed by atoms with van der Waals surface area (Å²) in [7, 11) is -3.35. The molecule has 1 aromatic carbocycles. The molecule has 6 nitrogen and oxygen atoms in total. The molecule has 1 aromatic heterocycles. The normalized spacial score (nSPS) is 19.4. The smallest absolute Gasteiger partial charge is 0.229 e. The fraction of sp³-hybridized carbons (Fsp3) is 0.522. The van der Waals surface area contributed by atoms with Crippen LogP contribution in [0.1, 0.15) is 62.6 Å². The number of unbranched alkanes of at least 4 members (excludes halogenated alkanes) is 1. The van der Waals surface area contributed by atoms with E-state index in [1.807, 2.05) is 6.07 Å². The summed E-state index contributed by atoms with van der Waals surface area (Å²) in [5.41, 5.74) is 2.39. The fourth-order valence-electron chi connectivity index (χ4n) is 3.86. The average Bonchev–Trinajstić information content (AvgIpc) is 2.73. The summed E-state index contributed by atoms with van der Waals surface area (Å²) in [6, 6.07) is 11.8. The summed E-state index contributed by atoms with van der Waals surface area (Å²) in [6.45, 7) is 3.23. The SMILES string of the molecule is CCCCOc1ccccc1C1CCC(OCc2ncccc2NS(C)(=O)=O)CC1. The summed E-state index contributed by atoms with van der Waals surface area (Å²) >= 11 is 0. The van der Waals surface area contributed by atoms with Crippen molar-refractivity contribution in [3.63, 3.8) is 0 Å². The van der Waals surface area contributed by atoms with Crippen LogP contribution in [0.3, 0.4) is 0 Å². The number of ether oxygens (including phenoxy) is 2. The van der Waals surface area contributed by atoms with Gasteiger partial charge in [-0.1, -0.05) is 31.5 Å². The van der Waals surface area contributed by atoms with Gasteiger partial charge in [-0.05, 0) is 61.8 Å². The van der Waals surface area contributed by atoms with E-state index in [1.165, 1.54) is 5.56 Å². The first-order chi connectivity index (χ1) is 14.5. The topological polar surface area (TPSA) is 77.5 Å². The van der Waals surface area contributed by atoms with E-state index >= 15 is 0 Å². The van der Waals surface area contributed by atoms with Gasteiger partial charge in [-0.15, -0.1) is 0 Å². The zero-order chi connectivity index (χ0) is 21.4. The van der Waals surface area contributed by atoms with Crippen molar-refractivity contribution in [2.75, 3.05) is 17.6 Å². The number of rotatable bonds is 10. The van der Waals surface area contributed by atoms with Crippen LogP contribution in [0, 0.1) is 0 Å². The lowest BCUT2D eigenvalue weighted by Gasteiger charge is -2.30. The first kappa shape index (κ1) is 22.6. The molecule has 0 amide bonds. The van der Waals surface area contributed by atoms with E-state index in [0.29, 0.717) is 23.9 Å². The minimum Gasteiger partial charge on any atom is -0.493 e.